The Hall–Kier alpha value is -3.44. The fraction of sp³-hybridized carbons (Fsp3) is 0.571. The highest BCUT2D eigenvalue weighted by Crippen LogP contribution is 2.46. The molecule has 12 heteroatoms. The van der Waals surface area contributed by atoms with Crippen LogP contribution in [0.15, 0.2) is 30.5 Å². The van der Waals surface area contributed by atoms with Gasteiger partial charge in [0.15, 0.2) is 0 Å². The summed E-state index contributed by atoms with van der Waals surface area (Å²) in [6.07, 6.45) is 2.93. The van der Waals surface area contributed by atoms with E-state index in [9.17, 15) is 27.6 Å². The first-order valence-corrected chi connectivity index (χ1v) is 13.8. The van der Waals surface area contributed by atoms with Crippen molar-refractivity contribution in [2.24, 2.45) is 17.8 Å². The second-order valence-corrected chi connectivity index (χ2v) is 10.7. The highest BCUT2D eigenvalue weighted by molar-refractivity contribution is 6.01. The molecule has 218 valence electrons. The average Bonchev–Trinajstić information content (AvgIpc) is 3.32. The molecule has 1 aromatic carbocycles. The summed E-state index contributed by atoms with van der Waals surface area (Å²) in [4.78, 5) is 39.0. The maximum absolute atomic E-state index is 15.1. The van der Waals surface area contributed by atoms with Crippen LogP contribution >= 0.6 is 0 Å². The monoisotopic (exact) mass is 565 g/mol. The Morgan fingerprint density at radius 2 is 1.70 bits per heavy atom. The number of carbonyl (C=O) groups excluding carboxylic acids is 3. The third-order valence-corrected chi connectivity index (χ3v) is 8.20. The first-order valence-electron chi connectivity index (χ1n) is 13.8. The molecule has 2 fully saturated rings. The van der Waals surface area contributed by atoms with Crippen molar-refractivity contribution in [3.05, 3.63) is 47.5 Å². The van der Waals surface area contributed by atoms with Gasteiger partial charge in [0.2, 0.25) is 11.8 Å². The van der Waals surface area contributed by atoms with Gasteiger partial charge in [0, 0.05) is 12.7 Å². The molecule has 0 radical (unpaired) electrons. The molecule has 1 heterocycles. The van der Waals surface area contributed by atoms with Crippen LogP contribution < -0.4 is 16.0 Å². The number of benzene rings is 1. The zero-order chi connectivity index (χ0) is 29.0. The van der Waals surface area contributed by atoms with E-state index in [1.54, 1.807) is 11.4 Å². The molecule has 0 aliphatic heterocycles. The molecule has 2 atom stereocenters. The Balaban J connectivity index is 1.53. The molecule has 3 amide bonds. The summed E-state index contributed by atoms with van der Waals surface area (Å²) in [6, 6.07) is 4.38. The molecule has 0 spiro atoms. The number of aryl methyl sites for hydroxylation is 1. The molecule has 2 aliphatic carbocycles. The van der Waals surface area contributed by atoms with Crippen LogP contribution in [0.4, 0.5) is 23.2 Å². The lowest BCUT2D eigenvalue weighted by Crippen LogP contribution is -2.55. The van der Waals surface area contributed by atoms with Gasteiger partial charge in [-0.3, -0.25) is 19.1 Å². The standard InChI is InChI=1S/C28H35F4N5O3/c1-3-37-22(12-13-34-37)26(39)36-24(23(17-6-4-7-17)18-8-5-9-18)27(40)35-21-11-10-19(14-20(21)29)16(2)25(38)33-15-28(30,31)32/h10-14,16-18,23-24H,3-9,15H2,1-2H3,(H,33,38)(H,35,40)(H,36,39)/t16-,24-/m0/s1. The fourth-order valence-electron chi connectivity index (χ4n) is 5.51. The zero-order valence-electron chi connectivity index (χ0n) is 22.6. The van der Waals surface area contributed by atoms with Crippen molar-refractivity contribution in [3.63, 3.8) is 0 Å². The third kappa shape index (κ3) is 6.82. The number of hydrogen-bond donors (Lipinski definition) is 3. The second-order valence-electron chi connectivity index (χ2n) is 10.7. The first-order chi connectivity index (χ1) is 19.0. The van der Waals surface area contributed by atoms with Crippen LogP contribution in [0.1, 0.15) is 74.3 Å². The molecule has 0 saturated heterocycles. The van der Waals surface area contributed by atoms with Gasteiger partial charge < -0.3 is 16.0 Å². The van der Waals surface area contributed by atoms with Gasteiger partial charge in [-0.25, -0.2) is 4.39 Å². The van der Waals surface area contributed by atoms with E-state index in [-0.39, 0.29) is 29.0 Å². The van der Waals surface area contributed by atoms with Crippen LogP contribution in [0, 0.1) is 23.6 Å². The highest BCUT2D eigenvalue weighted by atomic mass is 19.4. The SMILES string of the molecule is CCn1nccc1C(=O)N[C@H](C(=O)Nc1ccc([C@H](C)C(=O)NCC(F)(F)F)cc1F)C(C1CCC1)C1CCC1. The smallest absolute Gasteiger partial charge is 0.346 e. The number of rotatable bonds is 11. The molecule has 8 nitrogen and oxygen atoms in total. The Labute approximate surface area is 230 Å². The number of aromatic nitrogens is 2. The predicted octanol–water partition coefficient (Wildman–Crippen LogP) is 4.78. The number of hydrogen-bond acceptors (Lipinski definition) is 4. The summed E-state index contributed by atoms with van der Waals surface area (Å²) < 4.78 is 54.0. The van der Waals surface area contributed by atoms with E-state index in [4.69, 9.17) is 0 Å². The van der Waals surface area contributed by atoms with Crippen LogP contribution in [-0.4, -0.2) is 46.3 Å². The van der Waals surface area contributed by atoms with Gasteiger partial charge in [-0.05, 0) is 55.4 Å². The van der Waals surface area contributed by atoms with Crippen LogP contribution in [-0.2, 0) is 16.1 Å². The summed E-state index contributed by atoms with van der Waals surface area (Å²) in [5.41, 5.74) is 0.347. The van der Waals surface area contributed by atoms with E-state index in [0.717, 1.165) is 44.6 Å². The topological polar surface area (TPSA) is 105 Å². The van der Waals surface area contributed by atoms with Crippen molar-refractivity contribution in [2.75, 3.05) is 11.9 Å². The van der Waals surface area contributed by atoms with E-state index < -0.39 is 48.2 Å². The molecule has 2 aromatic rings. The fourth-order valence-corrected chi connectivity index (χ4v) is 5.51. The molecule has 3 N–H and O–H groups in total. The van der Waals surface area contributed by atoms with E-state index in [1.807, 2.05) is 6.92 Å². The number of carbonyl (C=O) groups is 3. The summed E-state index contributed by atoms with van der Waals surface area (Å²) >= 11 is 0. The quantitative estimate of drug-likeness (QED) is 0.341. The van der Waals surface area contributed by atoms with Crippen molar-refractivity contribution in [3.8, 4) is 0 Å². The molecule has 1 aromatic heterocycles. The Kier molecular flexibility index (Phi) is 9.15. The van der Waals surface area contributed by atoms with E-state index in [0.29, 0.717) is 12.2 Å². The lowest BCUT2D eigenvalue weighted by atomic mass is 9.62. The number of anilines is 1. The van der Waals surface area contributed by atoms with Crippen molar-refractivity contribution < 1.29 is 31.9 Å². The van der Waals surface area contributed by atoms with E-state index in [1.165, 1.54) is 29.9 Å². The predicted molar refractivity (Wildman–Crippen MR) is 140 cm³/mol. The van der Waals surface area contributed by atoms with Crippen LogP contribution in [0.5, 0.6) is 0 Å². The number of amides is 3. The van der Waals surface area contributed by atoms with E-state index >= 15 is 4.39 Å². The molecule has 40 heavy (non-hydrogen) atoms. The minimum atomic E-state index is -4.56. The summed E-state index contributed by atoms with van der Waals surface area (Å²) in [5, 5.41) is 11.5. The lowest BCUT2D eigenvalue weighted by molar-refractivity contribution is -0.139. The number of alkyl halides is 3. The van der Waals surface area contributed by atoms with Gasteiger partial charge in [-0.2, -0.15) is 18.3 Å². The van der Waals surface area contributed by atoms with Gasteiger partial charge in [0.25, 0.3) is 5.91 Å². The van der Waals surface area contributed by atoms with Crippen molar-refractivity contribution >= 4 is 23.4 Å². The van der Waals surface area contributed by atoms with E-state index in [2.05, 4.69) is 15.7 Å². The molecule has 0 bridgehead atoms. The number of nitrogens with zero attached hydrogens (tertiary/aromatic N) is 2. The average molecular weight is 566 g/mol. The number of halogens is 4. The molecule has 2 saturated carbocycles. The Bertz CT molecular complexity index is 1210. The Morgan fingerprint density at radius 1 is 1.05 bits per heavy atom. The molecule has 4 rings (SSSR count). The van der Waals surface area contributed by atoms with Gasteiger partial charge >= 0.3 is 6.18 Å². The minimum absolute atomic E-state index is 0.0934. The summed E-state index contributed by atoms with van der Waals surface area (Å²) in [5.74, 6) is -3.28. The minimum Gasteiger partial charge on any atom is -0.346 e. The van der Waals surface area contributed by atoms with Crippen molar-refractivity contribution in [1.29, 1.82) is 0 Å². The highest BCUT2D eigenvalue weighted by Gasteiger charge is 2.44. The van der Waals surface area contributed by atoms with Gasteiger partial charge in [-0.15, -0.1) is 0 Å². The molecular weight excluding hydrogens is 530 g/mol. The maximum Gasteiger partial charge on any atom is 0.405 e. The largest absolute Gasteiger partial charge is 0.405 e. The lowest BCUT2D eigenvalue weighted by Gasteiger charge is -2.46. The molecule has 2 aliphatic rings. The number of nitrogens with one attached hydrogen (secondary N) is 3. The van der Waals surface area contributed by atoms with Gasteiger partial charge in [-0.1, -0.05) is 44.6 Å². The van der Waals surface area contributed by atoms with Gasteiger partial charge in [0.1, 0.15) is 24.1 Å². The molecular formula is C28H35F4N5O3. The summed E-state index contributed by atoms with van der Waals surface area (Å²) in [7, 11) is 0. The van der Waals surface area contributed by atoms with Crippen molar-refractivity contribution in [1.82, 2.24) is 20.4 Å². The first kappa shape index (κ1) is 29.5. The second kappa shape index (κ2) is 12.4. The normalized spacial score (nSPS) is 17.5. The zero-order valence-corrected chi connectivity index (χ0v) is 22.6. The van der Waals surface area contributed by atoms with Crippen LogP contribution in [0.3, 0.4) is 0 Å². The van der Waals surface area contributed by atoms with Crippen LogP contribution in [0.2, 0.25) is 0 Å². The van der Waals surface area contributed by atoms with Gasteiger partial charge in [0.05, 0.1) is 11.6 Å². The van der Waals surface area contributed by atoms with Crippen molar-refractivity contribution in [2.45, 2.75) is 77.1 Å². The Morgan fingerprint density at radius 3 is 2.23 bits per heavy atom. The summed E-state index contributed by atoms with van der Waals surface area (Å²) in [6.45, 7) is 2.22. The van der Waals surface area contributed by atoms with Crippen LogP contribution in [0.25, 0.3) is 0 Å². The molecule has 0 unspecified atom stereocenters. The maximum atomic E-state index is 15.1. The third-order valence-electron chi connectivity index (χ3n) is 8.20.